The highest BCUT2D eigenvalue weighted by Gasteiger charge is 2.26. The zero-order valence-corrected chi connectivity index (χ0v) is 12.7. The van der Waals surface area contributed by atoms with Crippen LogP contribution in [0.4, 0.5) is 0 Å². The van der Waals surface area contributed by atoms with E-state index in [0.717, 1.165) is 51.4 Å². The molecule has 4 nitrogen and oxygen atoms in total. The topological polar surface area (TPSA) is 49.8 Å². The zero-order valence-electron chi connectivity index (χ0n) is 12.7. The summed E-state index contributed by atoms with van der Waals surface area (Å²) in [7, 11) is 1.77. The number of hydrogen-bond donors (Lipinski definition) is 1. The number of carboxylic acid groups (broad SMARTS) is 1. The van der Waals surface area contributed by atoms with Gasteiger partial charge in [0.05, 0.1) is 5.41 Å². The molecular formula is C15H29NO3. The number of aliphatic carboxylic acids is 1. The monoisotopic (exact) mass is 271 g/mol. The molecule has 0 spiro atoms. The van der Waals surface area contributed by atoms with E-state index >= 15 is 0 Å². The number of hydrogen-bond acceptors (Lipinski definition) is 3. The third-order valence-electron chi connectivity index (χ3n) is 4.21. The number of nitrogens with zero attached hydrogens (tertiary/aromatic N) is 1. The number of likely N-dealkylation sites (tertiary alicyclic amines) is 1. The minimum Gasteiger partial charge on any atom is -0.481 e. The normalized spacial score (nSPS) is 18.7. The number of carbonyl (C=O) groups is 1. The largest absolute Gasteiger partial charge is 0.481 e. The van der Waals surface area contributed by atoms with Gasteiger partial charge in [-0.1, -0.05) is 6.42 Å². The number of carboxylic acids is 1. The van der Waals surface area contributed by atoms with Crippen molar-refractivity contribution >= 4 is 5.97 Å². The van der Waals surface area contributed by atoms with Crippen molar-refractivity contribution in [2.24, 2.45) is 11.3 Å². The molecule has 0 amide bonds. The summed E-state index contributed by atoms with van der Waals surface area (Å²) in [6, 6.07) is 0. The van der Waals surface area contributed by atoms with Gasteiger partial charge < -0.3 is 14.7 Å². The van der Waals surface area contributed by atoms with Crippen molar-refractivity contribution < 1.29 is 14.6 Å². The molecule has 1 aliphatic rings. The fraction of sp³-hybridized carbons (Fsp3) is 0.933. The van der Waals surface area contributed by atoms with Gasteiger partial charge in [0.1, 0.15) is 0 Å². The maximum atomic E-state index is 11.0. The first kappa shape index (κ1) is 16.4. The van der Waals surface area contributed by atoms with E-state index in [-0.39, 0.29) is 0 Å². The Labute approximate surface area is 117 Å². The lowest BCUT2D eigenvalue weighted by Gasteiger charge is -2.31. The lowest BCUT2D eigenvalue weighted by molar-refractivity contribution is -0.147. The second-order valence-electron chi connectivity index (χ2n) is 6.39. The van der Waals surface area contributed by atoms with E-state index in [4.69, 9.17) is 9.84 Å². The lowest BCUT2D eigenvalue weighted by Crippen LogP contribution is -2.35. The Morgan fingerprint density at radius 2 is 1.95 bits per heavy atom. The summed E-state index contributed by atoms with van der Waals surface area (Å²) in [6.07, 6.45) is 5.33. The molecule has 0 aromatic carbocycles. The lowest BCUT2D eigenvalue weighted by atomic mass is 9.87. The van der Waals surface area contributed by atoms with Crippen molar-refractivity contribution in [3.05, 3.63) is 0 Å². The maximum absolute atomic E-state index is 11.0. The summed E-state index contributed by atoms with van der Waals surface area (Å²) in [5.41, 5.74) is -0.578. The summed E-state index contributed by atoms with van der Waals surface area (Å²) < 4.78 is 5.20. The Kier molecular flexibility index (Phi) is 6.80. The van der Waals surface area contributed by atoms with Crippen LogP contribution in [0.5, 0.6) is 0 Å². The zero-order chi connectivity index (χ0) is 14.3. The second kappa shape index (κ2) is 7.85. The van der Waals surface area contributed by atoms with Gasteiger partial charge in [-0.3, -0.25) is 4.79 Å². The van der Waals surface area contributed by atoms with Crippen LogP contribution >= 0.6 is 0 Å². The van der Waals surface area contributed by atoms with Crippen molar-refractivity contribution in [2.75, 3.05) is 33.4 Å². The minimum absolute atomic E-state index is 0.578. The molecule has 0 aromatic heterocycles. The molecular weight excluding hydrogens is 242 g/mol. The van der Waals surface area contributed by atoms with E-state index in [1.165, 1.54) is 12.8 Å². The second-order valence-corrected chi connectivity index (χ2v) is 6.39. The van der Waals surface area contributed by atoms with Gasteiger partial charge in [0.15, 0.2) is 0 Å². The Hall–Kier alpha value is -0.610. The minimum atomic E-state index is -0.687. The van der Waals surface area contributed by atoms with Crippen molar-refractivity contribution in [1.82, 2.24) is 4.90 Å². The number of ether oxygens (including phenoxy) is 1. The smallest absolute Gasteiger partial charge is 0.309 e. The average molecular weight is 271 g/mol. The summed E-state index contributed by atoms with van der Waals surface area (Å²) in [5.74, 6) is 0.0417. The predicted octanol–water partition coefficient (Wildman–Crippen LogP) is 2.63. The van der Waals surface area contributed by atoms with Crippen LogP contribution in [0.15, 0.2) is 0 Å². The van der Waals surface area contributed by atoms with Gasteiger partial charge in [-0.15, -0.1) is 0 Å². The first-order valence-electron chi connectivity index (χ1n) is 7.40. The van der Waals surface area contributed by atoms with Crippen LogP contribution in [0, 0.1) is 11.3 Å². The number of rotatable bonds is 8. The molecule has 0 aliphatic carbocycles. The van der Waals surface area contributed by atoms with Gasteiger partial charge >= 0.3 is 5.97 Å². The van der Waals surface area contributed by atoms with Gasteiger partial charge in [-0.25, -0.2) is 0 Å². The molecule has 4 heteroatoms. The molecule has 1 N–H and O–H groups in total. The van der Waals surface area contributed by atoms with E-state index < -0.39 is 11.4 Å². The van der Waals surface area contributed by atoms with Gasteiger partial charge in [0, 0.05) is 13.7 Å². The molecule has 0 aromatic rings. The van der Waals surface area contributed by atoms with Crippen LogP contribution in [-0.2, 0) is 9.53 Å². The molecule has 19 heavy (non-hydrogen) atoms. The first-order valence-corrected chi connectivity index (χ1v) is 7.40. The highest BCUT2D eigenvalue weighted by Crippen LogP contribution is 2.24. The van der Waals surface area contributed by atoms with E-state index in [2.05, 4.69) is 4.90 Å². The summed E-state index contributed by atoms with van der Waals surface area (Å²) in [6.45, 7) is 7.94. The molecule has 1 aliphatic heterocycles. The molecule has 112 valence electrons. The molecule has 0 bridgehead atoms. The van der Waals surface area contributed by atoms with Crippen LogP contribution in [0.25, 0.3) is 0 Å². The quantitative estimate of drug-likeness (QED) is 0.689. The third kappa shape index (κ3) is 5.91. The Morgan fingerprint density at radius 3 is 2.47 bits per heavy atom. The molecule has 0 saturated carbocycles. The Morgan fingerprint density at radius 1 is 1.32 bits per heavy atom. The van der Waals surface area contributed by atoms with Crippen LogP contribution in [-0.4, -0.2) is 49.3 Å². The predicted molar refractivity (Wildman–Crippen MR) is 76.3 cm³/mol. The van der Waals surface area contributed by atoms with Crippen LogP contribution < -0.4 is 0 Å². The Bertz CT molecular complexity index is 271. The SMILES string of the molecule is COCC1CCN(CCCCC(C)(C)C(=O)O)CC1. The molecule has 1 heterocycles. The van der Waals surface area contributed by atoms with E-state index in [1.807, 2.05) is 13.8 Å². The molecule has 0 atom stereocenters. The van der Waals surface area contributed by atoms with Gasteiger partial charge in [-0.05, 0) is 65.1 Å². The summed E-state index contributed by atoms with van der Waals surface area (Å²) >= 11 is 0. The number of methoxy groups -OCH3 is 1. The number of piperidine rings is 1. The molecule has 1 rings (SSSR count). The van der Waals surface area contributed by atoms with Crippen LogP contribution in [0.3, 0.4) is 0 Å². The standard InChI is InChI=1S/C15H29NO3/c1-15(2,14(17)18)8-4-5-9-16-10-6-13(7-11-16)12-19-3/h13H,4-12H2,1-3H3,(H,17,18). The van der Waals surface area contributed by atoms with Gasteiger partial charge in [0.25, 0.3) is 0 Å². The van der Waals surface area contributed by atoms with E-state index in [9.17, 15) is 4.79 Å². The van der Waals surface area contributed by atoms with Crippen molar-refractivity contribution in [2.45, 2.75) is 46.0 Å². The summed E-state index contributed by atoms with van der Waals surface area (Å²) in [5, 5.41) is 9.05. The Balaban J connectivity index is 2.10. The fourth-order valence-electron chi connectivity index (χ4n) is 2.62. The molecule has 0 radical (unpaired) electrons. The molecule has 1 fully saturated rings. The van der Waals surface area contributed by atoms with Crippen molar-refractivity contribution in [3.63, 3.8) is 0 Å². The van der Waals surface area contributed by atoms with Gasteiger partial charge in [-0.2, -0.15) is 0 Å². The van der Waals surface area contributed by atoms with Crippen molar-refractivity contribution in [1.29, 1.82) is 0 Å². The van der Waals surface area contributed by atoms with Crippen LogP contribution in [0.2, 0.25) is 0 Å². The van der Waals surface area contributed by atoms with Crippen molar-refractivity contribution in [3.8, 4) is 0 Å². The first-order chi connectivity index (χ1) is 8.95. The maximum Gasteiger partial charge on any atom is 0.309 e. The highest BCUT2D eigenvalue weighted by molar-refractivity contribution is 5.73. The number of unbranched alkanes of at least 4 members (excludes halogenated alkanes) is 1. The fourth-order valence-corrected chi connectivity index (χ4v) is 2.62. The molecule has 0 unspecified atom stereocenters. The van der Waals surface area contributed by atoms with E-state index in [0.29, 0.717) is 0 Å². The van der Waals surface area contributed by atoms with Gasteiger partial charge in [0.2, 0.25) is 0 Å². The van der Waals surface area contributed by atoms with Crippen LogP contribution in [0.1, 0.15) is 46.0 Å². The summed E-state index contributed by atoms with van der Waals surface area (Å²) in [4.78, 5) is 13.5. The highest BCUT2D eigenvalue weighted by atomic mass is 16.5. The van der Waals surface area contributed by atoms with E-state index in [1.54, 1.807) is 7.11 Å². The average Bonchev–Trinajstić information content (AvgIpc) is 2.37. The third-order valence-corrected chi connectivity index (χ3v) is 4.21. The molecule has 1 saturated heterocycles.